The number of carbonyl (C=O) groups excluding carboxylic acids is 1. The van der Waals surface area contributed by atoms with E-state index in [9.17, 15) is 4.79 Å². The Morgan fingerprint density at radius 1 is 1.62 bits per heavy atom. The van der Waals surface area contributed by atoms with Crippen LogP contribution < -0.4 is 11.3 Å². The number of hydrazine groups is 1. The average Bonchev–Trinajstić information content (AvgIpc) is 2.11. The van der Waals surface area contributed by atoms with E-state index in [0.29, 0.717) is 13.0 Å². The monoisotopic (exact) mass is 189 g/mol. The van der Waals surface area contributed by atoms with E-state index in [4.69, 9.17) is 10.9 Å². The second-order valence-corrected chi connectivity index (χ2v) is 3.30. The van der Waals surface area contributed by atoms with Crippen LogP contribution in [0, 0.1) is 0 Å². The Morgan fingerprint density at radius 3 is 2.54 bits per heavy atom. The highest BCUT2D eigenvalue weighted by molar-refractivity contribution is 5.80. The number of nitrogens with one attached hydrogen (secondary N) is 1. The first kappa shape index (κ1) is 12.3. The highest BCUT2D eigenvalue weighted by Gasteiger charge is 2.16. The molecular formula is C8H19N3O2. The standard InChI is InChI=1S/C8H19N3O2/c1-6(12)4-5-11(3)7(2)8(13)10-9/h6-7,12H,4-5,9H2,1-3H3,(H,10,13). The molecular weight excluding hydrogens is 170 g/mol. The molecule has 1 amide bonds. The van der Waals surface area contributed by atoms with Gasteiger partial charge in [-0.3, -0.25) is 15.1 Å². The smallest absolute Gasteiger partial charge is 0.250 e. The van der Waals surface area contributed by atoms with Crippen LogP contribution in [0.5, 0.6) is 0 Å². The Morgan fingerprint density at radius 2 is 2.15 bits per heavy atom. The molecule has 0 saturated heterocycles. The molecule has 0 bridgehead atoms. The summed E-state index contributed by atoms with van der Waals surface area (Å²) in [5.74, 6) is 4.78. The minimum atomic E-state index is -0.337. The predicted octanol–water partition coefficient (Wildman–Crippen LogP) is -0.932. The lowest BCUT2D eigenvalue weighted by Crippen LogP contribution is -2.46. The number of carbonyl (C=O) groups is 1. The molecule has 0 spiro atoms. The molecule has 0 heterocycles. The summed E-state index contributed by atoms with van der Waals surface area (Å²) in [6.07, 6.45) is 0.314. The number of hydrogen-bond donors (Lipinski definition) is 3. The van der Waals surface area contributed by atoms with Gasteiger partial charge < -0.3 is 5.11 Å². The Kier molecular flexibility index (Phi) is 5.61. The van der Waals surface area contributed by atoms with Gasteiger partial charge >= 0.3 is 0 Å². The summed E-state index contributed by atoms with van der Waals surface area (Å²) >= 11 is 0. The minimum absolute atomic E-state index is 0.215. The van der Waals surface area contributed by atoms with Gasteiger partial charge in [0.25, 0.3) is 5.91 Å². The molecule has 0 saturated carbocycles. The normalized spacial score (nSPS) is 15.5. The zero-order chi connectivity index (χ0) is 10.4. The number of aliphatic hydroxyl groups excluding tert-OH is 1. The van der Waals surface area contributed by atoms with Gasteiger partial charge in [0.05, 0.1) is 12.1 Å². The molecule has 0 aromatic heterocycles. The first-order chi connectivity index (χ1) is 5.99. The van der Waals surface area contributed by atoms with Gasteiger partial charge in [-0.15, -0.1) is 0 Å². The molecule has 0 aromatic carbocycles. The van der Waals surface area contributed by atoms with Gasteiger partial charge in [-0.2, -0.15) is 0 Å². The highest BCUT2D eigenvalue weighted by Crippen LogP contribution is 1.98. The van der Waals surface area contributed by atoms with Gasteiger partial charge in [0.15, 0.2) is 0 Å². The van der Waals surface area contributed by atoms with Crippen molar-refractivity contribution in [2.24, 2.45) is 5.84 Å². The number of rotatable bonds is 5. The van der Waals surface area contributed by atoms with E-state index in [1.165, 1.54) is 0 Å². The molecule has 2 atom stereocenters. The van der Waals surface area contributed by atoms with Gasteiger partial charge in [-0.05, 0) is 27.3 Å². The zero-order valence-electron chi connectivity index (χ0n) is 8.45. The summed E-state index contributed by atoms with van der Waals surface area (Å²) in [6.45, 7) is 4.16. The second-order valence-electron chi connectivity index (χ2n) is 3.30. The van der Waals surface area contributed by atoms with Crippen LogP contribution in [0.3, 0.4) is 0 Å². The molecule has 2 unspecified atom stereocenters. The van der Waals surface area contributed by atoms with Gasteiger partial charge in [0, 0.05) is 6.54 Å². The van der Waals surface area contributed by atoms with Crippen LogP contribution in [0.25, 0.3) is 0 Å². The summed E-state index contributed by atoms with van der Waals surface area (Å²) in [5.41, 5.74) is 2.09. The summed E-state index contributed by atoms with van der Waals surface area (Å²) in [7, 11) is 1.82. The van der Waals surface area contributed by atoms with Crippen LogP contribution in [0.1, 0.15) is 20.3 Å². The number of aliphatic hydroxyl groups is 1. The van der Waals surface area contributed by atoms with Crippen LogP contribution in [0.4, 0.5) is 0 Å². The van der Waals surface area contributed by atoms with E-state index >= 15 is 0 Å². The summed E-state index contributed by atoms with van der Waals surface area (Å²) in [6, 6.07) is -0.260. The Balaban J connectivity index is 3.82. The van der Waals surface area contributed by atoms with Crippen molar-refractivity contribution in [3.8, 4) is 0 Å². The van der Waals surface area contributed by atoms with Crippen LogP contribution in [0.15, 0.2) is 0 Å². The Bertz CT molecular complexity index is 161. The van der Waals surface area contributed by atoms with Crippen molar-refractivity contribution < 1.29 is 9.90 Å². The van der Waals surface area contributed by atoms with Crippen molar-refractivity contribution in [2.45, 2.75) is 32.4 Å². The summed E-state index contributed by atoms with van der Waals surface area (Å²) in [4.78, 5) is 12.9. The third-order valence-electron chi connectivity index (χ3n) is 2.08. The second kappa shape index (κ2) is 5.90. The molecule has 0 fully saturated rings. The van der Waals surface area contributed by atoms with Crippen LogP contribution in [-0.4, -0.2) is 41.7 Å². The summed E-state index contributed by atoms with van der Waals surface area (Å²) < 4.78 is 0. The SMILES string of the molecule is CC(O)CCN(C)C(C)C(=O)NN. The maximum atomic E-state index is 11.1. The lowest BCUT2D eigenvalue weighted by molar-refractivity contribution is -0.125. The fourth-order valence-electron chi connectivity index (χ4n) is 0.905. The first-order valence-corrected chi connectivity index (χ1v) is 4.37. The van der Waals surface area contributed by atoms with Crippen molar-refractivity contribution in [1.29, 1.82) is 0 Å². The Labute approximate surface area is 78.9 Å². The summed E-state index contributed by atoms with van der Waals surface area (Å²) in [5, 5.41) is 9.03. The van der Waals surface area contributed by atoms with Crippen LogP contribution in [-0.2, 0) is 4.79 Å². The number of likely N-dealkylation sites (N-methyl/N-ethyl adjacent to an activating group) is 1. The number of hydrogen-bond acceptors (Lipinski definition) is 4. The van der Waals surface area contributed by atoms with Crippen LogP contribution >= 0.6 is 0 Å². The molecule has 4 N–H and O–H groups in total. The number of nitrogens with two attached hydrogens (primary N) is 1. The Hall–Kier alpha value is -0.650. The van der Waals surface area contributed by atoms with Crippen molar-refractivity contribution in [1.82, 2.24) is 10.3 Å². The third kappa shape index (κ3) is 4.82. The maximum absolute atomic E-state index is 11.1. The molecule has 0 rings (SSSR count). The first-order valence-electron chi connectivity index (χ1n) is 4.37. The zero-order valence-corrected chi connectivity index (χ0v) is 8.45. The molecule has 0 aromatic rings. The quantitative estimate of drug-likeness (QED) is 0.296. The van der Waals surface area contributed by atoms with Gasteiger partial charge in [0.2, 0.25) is 0 Å². The van der Waals surface area contributed by atoms with E-state index in [2.05, 4.69) is 5.43 Å². The lowest BCUT2D eigenvalue weighted by Gasteiger charge is -2.23. The molecule has 0 aliphatic rings. The average molecular weight is 189 g/mol. The van der Waals surface area contributed by atoms with E-state index in [-0.39, 0.29) is 18.1 Å². The molecule has 13 heavy (non-hydrogen) atoms. The molecule has 78 valence electrons. The van der Waals surface area contributed by atoms with Gasteiger partial charge in [0.1, 0.15) is 0 Å². The van der Waals surface area contributed by atoms with Gasteiger partial charge in [-0.25, -0.2) is 5.84 Å². The minimum Gasteiger partial charge on any atom is -0.393 e. The molecule has 0 aliphatic heterocycles. The fourth-order valence-corrected chi connectivity index (χ4v) is 0.905. The number of amides is 1. The maximum Gasteiger partial charge on any atom is 0.250 e. The predicted molar refractivity (Wildman–Crippen MR) is 50.7 cm³/mol. The lowest BCUT2D eigenvalue weighted by atomic mass is 10.2. The van der Waals surface area contributed by atoms with E-state index < -0.39 is 0 Å². The topological polar surface area (TPSA) is 78.6 Å². The molecule has 5 nitrogen and oxygen atoms in total. The molecule has 0 aliphatic carbocycles. The molecule has 5 heteroatoms. The van der Waals surface area contributed by atoms with E-state index in [1.807, 2.05) is 11.9 Å². The van der Waals surface area contributed by atoms with Crippen LogP contribution in [0.2, 0.25) is 0 Å². The number of nitrogens with zero attached hydrogens (tertiary/aromatic N) is 1. The van der Waals surface area contributed by atoms with Crippen molar-refractivity contribution in [3.05, 3.63) is 0 Å². The highest BCUT2D eigenvalue weighted by atomic mass is 16.3. The largest absolute Gasteiger partial charge is 0.393 e. The fraction of sp³-hybridized carbons (Fsp3) is 0.875. The van der Waals surface area contributed by atoms with Crippen molar-refractivity contribution in [3.63, 3.8) is 0 Å². The molecule has 0 radical (unpaired) electrons. The van der Waals surface area contributed by atoms with Gasteiger partial charge in [-0.1, -0.05) is 0 Å². The van der Waals surface area contributed by atoms with E-state index in [0.717, 1.165) is 0 Å². The van der Waals surface area contributed by atoms with E-state index in [1.54, 1.807) is 13.8 Å². The third-order valence-corrected chi connectivity index (χ3v) is 2.08. The van der Waals surface area contributed by atoms with Crippen molar-refractivity contribution >= 4 is 5.91 Å². The van der Waals surface area contributed by atoms with Crippen molar-refractivity contribution in [2.75, 3.05) is 13.6 Å².